The maximum Gasteiger partial charge on any atom is 0.314 e. The smallest absolute Gasteiger partial charge is 0.314 e. The Morgan fingerprint density at radius 3 is 2.88 bits per heavy atom. The molecular weight excluding hydrogens is 370 g/mol. The monoisotopic (exact) mass is 397 g/mol. The SMILES string of the molecule is C=CCOC(=O)[C@]1(Cc2cccc(Cl)c2)CCC[C@H]1N[S+]([O-])C(C)(C)C. The molecule has 1 aromatic carbocycles. The predicted octanol–water partition coefficient (Wildman–Crippen LogP) is 4.20. The zero-order chi connectivity index (χ0) is 19.4. The highest BCUT2D eigenvalue weighted by molar-refractivity contribution is 7.90. The molecule has 3 atom stereocenters. The van der Waals surface area contributed by atoms with Gasteiger partial charge in [-0.05, 0) is 57.7 Å². The summed E-state index contributed by atoms with van der Waals surface area (Å²) in [6.07, 6.45) is 4.42. The van der Waals surface area contributed by atoms with Crippen LogP contribution in [0.3, 0.4) is 0 Å². The first-order valence-electron chi connectivity index (χ1n) is 8.89. The first kappa shape index (κ1) is 21.3. The number of carbonyl (C=O) groups is 1. The third-order valence-electron chi connectivity index (χ3n) is 4.74. The molecule has 2 rings (SSSR count). The average Bonchev–Trinajstić information content (AvgIpc) is 2.95. The maximum atomic E-state index is 13.0. The standard InChI is InChI=1S/C20H28ClNO3S/c1-5-12-25-18(23)20(14-15-8-6-9-16(21)13-15)11-7-10-17(20)22-26(24)19(2,3)4/h5-6,8-9,13,17,22H,1,7,10-12,14H2,2-4H3/t17-,20+,26?/m1/s1. The van der Waals surface area contributed by atoms with Crippen LogP contribution < -0.4 is 4.72 Å². The van der Waals surface area contributed by atoms with Crippen LogP contribution in [0.15, 0.2) is 36.9 Å². The lowest BCUT2D eigenvalue weighted by molar-refractivity contribution is -0.155. The Kier molecular flexibility index (Phi) is 7.19. The first-order valence-corrected chi connectivity index (χ1v) is 10.4. The lowest BCUT2D eigenvalue weighted by Gasteiger charge is -2.35. The van der Waals surface area contributed by atoms with Gasteiger partial charge in [-0.3, -0.25) is 4.79 Å². The Morgan fingerprint density at radius 1 is 1.54 bits per heavy atom. The molecule has 26 heavy (non-hydrogen) atoms. The summed E-state index contributed by atoms with van der Waals surface area (Å²) in [7, 11) is 0. The second-order valence-electron chi connectivity index (χ2n) is 7.79. The zero-order valence-corrected chi connectivity index (χ0v) is 17.3. The van der Waals surface area contributed by atoms with Gasteiger partial charge in [0.15, 0.2) is 0 Å². The fourth-order valence-corrected chi connectivity index (χ4v) is 4.54. The van der Waals surface area contributed by atoms with Gasteiger partial charge in [-0.2, -0.15) is 0 Å². The Morgan fingerprint density at radius 2 is 2.27 bits per heavy atom. The Labute approximate surface area is 164 Å². The van der Waals surface area contributed by atoms with Crippen LogP contribution in [0.4, 0.5) is 0 Å². The average molecular weight is 398 g/mol. The van der Waals surface area contributed by atoms with Crippen molar-refractivity contribution in [2.24, 2.45) is 5.41 Å². The lowest BCUT2D eigenvalue weighted by Crippen LogP contribution is -2.53. The van der Waals surface area contributed by atoms with Gasteiger partial charge in [0.2, 0.25) is 0 Å². The van der Waals surface area contributed by atoms with Gasteiger partial charge in [0.1, 0.15) is 11.4 Å². The van der Waals surface area contributed by atoms with E-state index in [4.69, 9.17) is 16.3 Å². The number of halogens is 1. The Bertz CT molecular complexity index is 646. The normalized spacial score (nSPS) is 24.3. The third-order valence-corrected chi connectivity index (χ3v) is 6.58. The molecule has 144 valence electrons. The minimum Gasteiger partial charge on any atom is -0.598 e. The van der Waals surface area contributed by atoms with E-state index in [0.717, 1.165) is 18.4 Å². The van der Waals surface area contributed by atoms with Crippen molar-refractivity contribution in [3.8, 4) is 0 Å². The molecule has 0 heterocycles. The van der Waals surface area contributed by atoms with Crippen LogP contribution in [-0.4, -0.2) is 27.9 Å². The molecule has 0 amide bonds. The van der Waals surface area contributed by atoms with E-state index in [1.807, 2.05) is 45.0 Å². The molecule has 0 bridgehead atoms. The van der Waals surface area contributed by atoms with Crippen molar-refractivity contribution in [1.29, 1.82) is 0 Å². The molecule has 1 aliphatic carbocycles. The number of carbonyl (C=O) groups excluding carboxylic acids is 1. The predicted molar refractivity (Wildman–Crippen MR) is 107 cm³/mol. The molecule has 1 aliphatic rings. The van der Waals surface area contributed by atoms with Crippen molar-refractivity contribution in [3.05, 3.63) is 47.5 Å². The van der Waals surface area contributed by atoms with Crippen molar-refractivity contribution >= 4 is 28.9 Å². The number of ether oxygens (including phenoxy) is 1. The van der Waals surface area contributed by atoms with E-state index in [9.17, 15) is 9.35 Å². The van der Waals surface area contributed by atoms with Crippen LogP contribution in [0.25, 0.3) is 0 Å². The van der Waals surface area contributed by atoms with Gasteiger partial charge in [-0.25, -0.2) is 0 Å². The summed E-state index contributed by atoms with van der Waals surface area (Å²) in [5.41, 5.74) is 0.220. The Balaban J connectivity index is 2.32. The van der Waals surface area contributed by atoms with Crippen LogP contribution >= 0.6 is 11.6 Å². The number of esters is 1. The molecule has 4 nitrogen and oxygen atoms in total. The van der Waals surface area contributed by atoms with E-state index in [1.165, 1.54) is 0 Å². The lowest BCUT2D eigenvalue weighted by atomic mass is 9.77. The molecule has 1 N–H and O–H groups in total. The van der Waals surface area contributed by atoms with Crippen LogP contribution in [0.5, 0.6) is 0 Å². The summed E-state index contributed by atoms with van der Waals surface area (Å²) in [4.78, 5) is 13.0. The highest BCUT2D eigenvalue weighted by atomic mass is 35.5. The summed E-state index contributed by atoms with van der Waals surface area (Å²) in [6, 6.07) is 7.32. The van der Waals surface area contributed by atoms with Crippen LogP contribution in [-0.2, 0) is 27.3 Å². The van der Waals surface area contributed by atoms with Crippen molar-refractivity contribution in [1.82, 2.24) is 4.72 Å². The largest absolute Gasteiger partial charge is 0.598 e. The fraction of sp³-hybridized carbons (Fsp3) is 0.550. The fourth-order valence-electron chi connectivity index (χ4n) is 3.37. The molecule has 0 saturated heterocycles. The first-order chi connectivity index (χ1) is 12.2. The molecular formula is C20H28ClNO3S. The van der Waals surface area contributed by atoms with Gasteiger partial charge < -0.3 is 9.29 Å². The third kappa shape index (κ3) is 5.03. The van der Waals surface area contributed by atoms with Crippen molar-refractivity contribution < 1.29 is 14.1 Å². The summed E-state index contributed by atoms with van der Waals surface area (Å²) in [5.74, 6) is -0.265. The molecule has 0 aliphatic heterocycles. The summed E-state index contributed by atoms with van der Waals surface area (Å²) >= 11 is 4.86. The molecule has 0 radical (unpaired) electrons. The molecule has 1 unspecified atom stereocenters. The zero-order valence-electron chi connectivity index (χ0n) is 15.7. The minimum absolute atomic E-state index is 0.172. The molecule has 0 spiro atoms. The van der Waals surface area contributed by atoms with Gasteiger partial charge in [0, 0.05) is 16.4 Å². The van der Waals surface area contributed by atoms with E-state index in [-0.39, 0.29) is 18.6 Å². The van der Waals surface area contributed by atoms with Crippen LogP contribution in [0, 0.1) is 5.41 Å². The highest BCUT2D eigenvalue weighted by Gasteiger charge is 2.52. The van der Waals surface area contributed by atoms with Crippen LogP contribution in [0.1, 0.15) is 45.6 Å². The second kappa shape index (κ2) is 8.79. The summed E-state index contributed by atoms with van der Waals surface area (Å²) in [6.45, 7) is 9.54. The van der Waals surface area contributed by atoms with E-state index in [0.29, 0.717) is 17.9 Å². The number of benzene rings is 1. The summed E-state index contributed by atoms with van der Waals surface area (Å²) < 4.78 is 20.9. The van der Waals surface area contributed by atoms with E-state index in [1.54, 1.807) is 6.08 Å². The minimum atomic E-state index is -1.26. The quantitative estimate of drug-likeness (QED) is 0.425. The van der Waals surface area contributed by atoms with Gasteiger partial charge in [0.25, 0.3) is 0 Å². The topological polar surface area (TPSA) is 61.4 Å². The van der Waals surface area contributed by atoms with Crippen LogP contribution in [0.2, 0.25) is 5.02 Å². The van der Waals surface area contributed by atoms with Gasteiger partial charge >= 0.3 is 5.97 Å². The van der Waals surface area contributed by atoms with Gasteiger partial charge in [0.05, 0.1) is 11.5 Å². The Hall–Kier alpha value is -1.01. The second-order valence-corrected chi connectivity index (χ2v) is 10.2. The molecule has 1 saturated carbocycles. The maximum absolute atomic E-state index is 13.0. The van der Waals surface area contributed by atoms with Crippen molar-refractivity contribution in [2.45, 2.75) is 57.2 Å². The molecule has 6 heteroatoms. The van der Waals surface area contributed by atoms with E-state index >= 15 is 0 Å². The van der Waals surface area contributed by atoms with Gasteiger partial charge in [-0.15, -0.1) is 4.72 Å². The molecule has 1 aromatic rings. The van der Waals surface area contributed by atoms with E-state index in [2.05, 4.69) is 11.3 Å². The number of nitrogens with one attached hydrogen (secondary N) is 1. The number of hydrogen-bond acceptors (Lipinski definition) is 4. The number of rotatable bonds is 7. The van der Waals surface area contributed by atoms with E-state index < -0.39 is 21.5 Å². The number of hydrogen-bond donors (Lipinski definition) is 1. The van der Waals surface area contributed by atoms with Crippen molar-refractivity contribution in [2.75, 3.05) is 6.61 Å². The molecule has 0 aromatic heterocycles. The van der Waals surface area contributed by atoms with Gasteiger partial charge in [-0.1, -0.05) is 42.8 Å². The van der Waals surface area contributed by atoms with Crippen molar-refractivity contribution in [3.63, 3.8) is 0 Å². The molecule has 1 fully saturated rings. The summed E-state index contributed by atoms with van der Waals surface area (Å²) in [5, 5.41) is 0.637. The highest BCUT2D eigenvalue weighted by Crippen LogP contribution is 2.43.